The Hall–Kier alpha value is -1.58. The third-order valence-electron chi connectivity index (χ3n) is 2.54. The van der Waals surface area contributed by atoms with Crippen LogP contribution in [0.1, 0.15) is 19.5 Å². The van der Waals surface area contributed by atoms with Gasteiger partial charge in [-0.2, -0.15) is 0 Å². The van der Waals surface area contributed by atoms with Gasteiger partial charge in [0.05, 0.1) is 0 Å². The number of hydrogen-bond acceptors (Lipinski definition) is 3. The van der Waals surface area contributed by atoms with E-state index in [0.717, 1.165) is 18.1 Å². The average Bonchev–Trinajstić information content (AvgIpc) is 2.28. The molecular weight excluding hydrogens is 214 g/mol. The van der Waals surface area contributed by atoms with E-state index in [0.29, 0.717) is 6.54 Å². The molecule has 1 rings (SSSR count). The van der Waals surface area contributed by atoms with E-state index in [1.54, 1.807) is 0 Å². The summed E-state index contributed by atoms with van der Waals surface area (Å²) in [6.07, 6.45) is 0. The first-order valence-corrected chi connectivity index (χ1v) is 5.93. The lowest BCUT2D eigenvalue weighted by Gasteiger charge is -2.19. The second-order valence-corrected chi connectivity index (χ2v) is 4.50. The number of anilines is 1. The normalized spacial score (nSPS) is 10.4. The number of nitrogens with one attached hydrogen (secondary N) is 1. The fraction of sp³-hybridized carbons (Fsp3) is 0.538. The van der Waals surface area contributed by atoms with Crippen molar-refractivity contribution in [2.45, 2.75) is 20.8 Å². The lowest BCUT2D eigenvalue weighted by molar-refractivity contribution is -0.123. The Morgan fingerprint density at radius 2 is 2.18 bits per heavy atom. The summed E-state index contributed by atoms with van der Waals surface area (Å²) in [5, 5.41) is 2.89. The topological polar surface area (TPSA) is 45.2 Å². The average molecular weight is 235 g/mol. The van der Waals surface area contributed by atoms with Crippen LogP contribution in [0, 0.1) is 12.8 Å². The second-order valence-electron chi connectivity index (χ2n) is 4.50. The summed E-state index contributed by atoms with van der Waals surface area (Å²) in [6, 6.07) is 5.93. The molecule has 4 nitrogen and oxygen atoms in total. The van der Waals surface area contributed by atoms with Crippen LogP contribution >= 0.6 is 0 Å². The van der Waals surface area contributed by atoms with E-state index in [9.17, 15) is 4.79 Å². The number of aromatic nitrogens is 1. The van der Waals surface area contributed by atoms with Crippen molar-refractivity contribution in [2.24, 2.45) is 5.92 Å². The van der Waals surface area contributed by atoms with Gasteiger partial charge in [0.1, 0.15) is 5.82 Å². The summed E-state index contributed by atoms with van der Waals surface area (Å²) >= 11 is 0. The van der Waals surface area contributed by atoms with Crippen LogP contribution in [0.15, 0.2) is 18.2 Å². The molecule has 0 bridgehead atoms. The van der Waals surface area contributed by atoms with Gasteiger partial charge in [-0.05, 0) is 19.1 Å². The Balaban J connectivity index is 2.40. The van der Waals surface area contributed by atoms with Gasteiger partial charge < -0.3 is 10.2 Å². The highest BCUT2D eigenvalue weighted by Crippen LogP contribution is 2.08. The van der Waals surface area contributed by atoms with E-state index in [2.05, 4.69) is 10.3 Å². The van der Waals surface area contributed by atoms with E-state index in [1.165, 1.54) is 0 Å². The van der Waals surface area contributed by atoms with Crippen molar-refractivity contribution in [3.05, 3.63) is 23.9 Å². The highest BCUT2D eigenvalue weighted by molar-refractivity contribution is 5.77. The van der Waals surface area contributed by atoms with Gasteiger partial charge in [0.25, 0.3) is 0 Å². The van der Waals surface area contributed by atoms with Crippen molar-refractivity contribution in [3.63, 3.8) is 0 Å². The molecule has 0 unspecified atom stereocenters. The highest BCUT2D eigenvalue weighted by Gasteiger charge is 2.07. The Morgan fingerprint density at radius 1 is 1.47 bits per heavy atom. The highest BCUT2D eigenvalue weighted by atomic mass is 16.1. The van der Waals surface area contributed by atoms with E-state index in [-0.39, 0.29) is 11.8 Å². The molecule has 0 spiro atoms. The first-order valence-electron chi connectivity index (χ1n) is 5.93. The molecule has 1 N–H and O–H groups in total. The molecule has 4 heteroatoms. The number of carbonyl (C=O) groups excluding carboxylic acids is 1. The molecule has 1 amide bonds. The van der Waals surface area contributed by atoms with Crippen molar-refractivity contribution < 1.29 is 4.79 Å². The molecule has 1 aromatic heterocycles. The SMILES string of the molecule is Cc1cccc(N(C)CCNC(=O)C(C)C)n1. The summed E-state index contributed by atoms with van der Waals surface area (Å²) in [6.45, 7) is 7.15. The minimum absolute atomic E-state index is 0.0393. The van der Waals surface area contributed by atoms with Gasteiger partial charge >= 0.3 is 0 Å². The Morgan fingerprint density at radius 3 is 2.76 bits per heavy atom. The van der Waals surface area contributed by atoms with E-state index in [4.69, 9.17) is 0 Å². The predicted molar refractivity (Wildman–Crippen MR) is 70.1 cm³/mol. The second kappa shape index (κ2) is 6.23. The lowest BCUT2D eigenvalue weighted by atomic mass is 10.2. The third-order valence-corrected chi connectivity index (χ3v) is 2.54. The van der Waals surface area contributed by atoms with Crippen LogP contribution in [-0.4, -0.2) is 31.0 Å². The number of nitrogens with zero attached hydrogens (tertiary/aromatic N) is 2. The number of hydrogen-bond donors (Lipinski definition) is 1. The zero-order valence-electron chi connectivity index (χ0n) is 11.0. The largest absolute Gasteiger partial charge is 0.358 e. The predicted octanol–water partition coefficient (Wildman–Crippen LogP) is 1.60. The fourth-order valence-electron chi connectivity index (χ4n) is 1.41. The van der Waals surface area contributed by atoms with Crippen LogP contribution in [0.3, 0.4) is 0 Å². The van der Waals surface area contributed by atoms with Crippen LogP contribution in [0.25, 0.3) is 0 Å². The zero-order valence-corrected chi connectivity index (χ0v) is 11.0. The first kappa shape index (κ1) is 13.5. The minimum atomic E-state index is 0.0393. The van der Waals surface area contributed by atoms with Gasteiger partial charge in [0.2, 0.25) is 5.91 Å². The van der Waals surface area contributed by atoms with Crippen molar-refractivity contribution in [2.75, 3.05) is 25.0 Å². The van der Waals surface area contributed by atoms with E-state index in [1.807, 2.05) is 50.9 Å². The summed E-state index contributed by atoms with van der Waals surface area (Å²) in [7, 11) is 1.98. The maximum Gasteiger partial charge on any atom is 0.222 e. The van der Waals surface area contributed by atoms with Gasteiger partial charge in [-0.25, -0.2) is 4.98 Å². The van der Waals surface area contributed by atoms with Crippen LogP contribution in [-0.2, 0) is 4.79 Å². The molecule has 0 radical (unpaired) electrons. The monoisotopic (exact) mass is 235 g/mol. The molecule has 1 heterocycles. The summed E-state index contributed by atoms with van der Waals surface area (Å²) in [5.74, 6) is 1.07. The number of pyridine rings is 1. The van der Waals surface area contributed by atoms with Crippen molar-refractivity contribution >= 4 is 11.7 Å². The summed E-state index contributed by atoms with van der Waals surface area (Å²) in [5.41, 5.74) is 1.00. The van der Waals surface area contributed by atoms with E-state index < -0.39 is 0 Å². The van der Waals surface area contributed by atoms with Crippen molar-refractivity contribution in [1.29, 1.82) is 0 Å². The molecule has 17 heavy (non-hydrogen) atoms. The molecular formula is C13H21N3O. The first-order chi connectivity index (χ1) is 8.00. The molecule has 0 aliphatic carbocycles. The molecule has 0 aliphatic heterocycles. The van der Waals surface area contributed by atoms with Crippen LogP contribution in [0.2, 0.25) is 0 Å². The number of likely N-dealkylation sites (N-methyl/N-ethyl adjacent to an activating group) is 1. The number of carbonyl (C=O) groups is 1. The fourth-order valence-corrected chi connectivity index (χ4v) is 1.41. The zero-order chi connectivity index (χ0) is 12.8. The Labute approximate surface area is 103 Å². The number of rotatable bonds is 5. The third kappa shape index (κ3) is 4.43. The van der Waals surface area contributed by atoms with Crippen molar-refractivity contribution in [1.82, 2.24) is 10.3 Å². The smallest absolute Gasteiger partial charge is 0.222 e. The number of amides is 1. The molecule has 94 valence electrons. The van der Waals surface area contributed by atoms with Gasteiger partial charge in [-0.15, -0.1) is 0 Å². The van der Waals surface area contributed by atoms with Gasteiger partial charge in [-0.1, -0.05) is 19.9 Å². The minimum Gasteiger partial charge on any atom is -0.358 e. The molecule has 0 fully saturated rings. The maximum atomic E-state index is 11.4. The lowest BCUT2D eigenvalue weighted by Crippen LogP contribution is -2.35. The van der Waals surface area contributed by atoms with Gasteiger partial charge in [0.15, 0.2) is 0 Å². The van der Waals surface area contributed by atoms with Crippen LogP contribution < -0.4 is 10.2 Å². The Kier molecular flexibility index (Phi) is 4.94. The number of aryl methyl sites for hydroxylation is 1. The van der Waals surface area contributed by atoms with Crippen LogP contribution in [0.5, 0.6) is 0 Å². The standard InChI is InChI=1S/C13H21N3O/c1-10(2)13(17)14-8-9-16(4)12-7-5-6-11(3)15-12/h5-7,10H,8-9H2,1-4H3,(H,14,17). The quantitative estimate of drug-likeness (QED) is 0.843. The Bertz CT molecular complexity index is 377. The molecule has 0 aromatic carbocycles. The van der Waals surface area contributed by atoms with Gasteiger partial charge in [0, 0.05) is 31.7 Å². The molecule has 0 saturated heterocycles. The molecule has 1 aromatic rings. The van der Waals surface area contributed by atoms with Crippen molar-refractivity contribution in [3.8, 4) is 0 Å². The molecule has 0 saturated carbocycles. The summed E-state index contributed by atoms with van der Waals surface area (Å²) in [4.78, 5) is 17.8. The maximum absolute atomic E-state index is 11.4. The van der Waals surface area contributed by atoms with E-state index >= 15 is 0 Å². The molecule has 0 aliphatic rings. The van der Waals surface area contributed by atoms with Crippen LogP contribution in [0.4, 0.5) is 5.82 Å². The van der Waals surface area contributed by atoms with Gasteiger partial charge in [-0.3, -0.25) is 4.79 Å². The molecule has 0 atom stereocenters. The summed E-state index contributed by atoms with van der Waals surface area (Å²) < 4.78 is 0.